The van der Waals surface area contributed by atoms with E-state index in [9.17, 15) is 13.2 Å². The molecule has 0 rings (SSSR count). The van der Waals surface area contributed by atoms with Crippen molar-refractivity contribution in [2.24, 2.45) is 5.16 Å². The van der Waals surface area contributed by atoms with Gasteiger partial charge in [-0.2, -0.15) is 13.2 Å². The summed E-state index contributed by atoms with van der Waals surface area (Å²) < 4.78 is 34.1. The SMILES string of the molecule is CC(CSC(F)(F)F)=NO. The minimum absolute atomic E-state index is 0.0577. The molecule has 0 aromatic rings. The molecule has 10 heavy (non-hydrogen) atoms. The van der Waals surface area contributed by atoms with Gasteiger partial charge in [0, 0.05) is 5.75 Å². The maximum absolute atomic E-state index is 11.4. The molecule has 0 radical (unpaired) electrons. The molecule has 0 fully saturated rings. The first-order valence-corrected chi connectivity index (χ1v) is 3.32. The minimum Gasteiger partial charge on any atom is -0.411 e. The van der Waals surface area contributed by atoms with Crippen LogP contribution in [0.5, 0.6) is 0 Å². The van der Waals surface area contributed by atoms with E-state index in [2.05, 4.69) is 5.16 Å². The molecule has 0 unspecified atom stereocenters. The summed E-state index contributed by atoms with van der Waals surface area (Å²) in [6.07, 6.45) is 0. The van der Waals surface area contributed by atoms with Gasteiger partial charge in [-0.25, -0.2) is 0 Å². The van der Waals surface area contributed by atoms with Crippen LogP contribution < -0.4 is 0 Å². The van der Waals surface area contributed by atoms with Gasteiger partial charge < -0.3 is 5.21 Å². The van der Waals surface area contributed by atoms with E-state index in [0.717, 1.165) is 0 Å². The highest BCUT2D eigenvalue weighted by Crippen LogP contribution is 2.29. The highest BCUT2D eigenvalue weighted by atomic mass is 32.2. The predicted octanol–water partition coefficient (Wildman–Crippen LogP) is 2.09. The quantitative estimate of drug-likeness (QED) is 0.394. The first-order chi connectivity index (χ1) is 4.45. The molecule has 0 aromatic carbocycles. The van der Waals surface area contributed by atoms with Crippen molar-refractivity contribution in [3.63, 3.8) is 0 Å². The summed E-state index contributed by atoms with van der Waals surface area (Å²) in [6.45, 7) is 1.32. The second-order valence-electron chi connectivity index (χ2n) is 1.57. The zero-order chi connectivity index (χ0) is 8.20. The molecule has 0 spiro atoms. The number of hydrogen-bond acceptors (Lipinski definition) is 3. The van der Waals surface area contributed by atoms with Crippen molar-refractivity contribution >= 4 is 17.5 Å². The molecule has 6 heteroatoms. The molecule has 0 saturated carbocycles. The van der Waals surface area contributed by atoms with E-state index < -0.39 is 5.51 Å². The fourth-order valence-corrected chi connectivity index (χ4v) is 0.645. The van der Waals surface area contributed by atoms with Crippen molar-refractivity contribution in [1.82, 2.24) is 0 Å². The Labute approximate surface area is 60.1 Å². The fraction of sp³-hybridized carbons (Fsp3) is 0.750. The zero-order valence-corrected chi connectivity index (χ0v) is 5.96. The van der Waals surface area contributed by atoms with E-state index in [-0.39, 0.29) is 23.2 Å². The molecule has 0 atom stereocenters. The second-order valence-corrected chi connectivity index (χ2v) is 2.61. The van der Waals surface area contributed by atoms with Gasteiger partial charge in [0.25, 0.3) is 0 Å². The molecule has 0 amide bonds. The lowest BCUT2D eigenvalue weighted by Gasteiger charge is -2.02. The zero-order valence-electron chi connectivity index (χ0n) is 5.14. The van der Waals surface area contributed by atoms with Crippen LogP contribution in [0.25, 0.3) is 0 Å². The lowest BCUT2D eigenvalue weighted by molar-refractivity contribution is -0.0325. The standard InChI is InChI=1S/C4H6F3NOS/c1-3(8-9)2-10-4(5,6)7/h9H,2H2,1H3. The molecule has 0 heterocycles. The predicted molar refractivity (Wildman–Crippen MR) is 33.4 cm³/mol. The molecule has 1 N–H and O–H groups in total. The Balaban J connectivity index is 3.56. The third-order valence-corrected chi connectivity index (χ3v) is 1.50. The number of hydrogen-bond donors (Lipinski definition) is 1. The molecule has 2 nitrogen and oxygen atoms in total. The summed E-state index contributed by atoms with van der Waals surface area (Å²) in [4.78, 5) is 0. The third kappa shape index (κ3) is 5.74. The van der Waals surface area contributed by atoms with Crippen LogP contribution in [0.15, 0.2) is 5.16 Å². The van der Waals surface area contributed by atoms with E-state index in [0.29, 0.717) is 0 Å². The number of nitrogens with zero attached hydrogens (tertiary/aromatic N) is 1. The van der Waals surface area contributed by atoms with E-state index >= 15 is 0 Å². The largest absolute Gasteiger partial charge is 0.442 e. The van der Waals surface area contributed by atoms with Crippen LogP contribution in [0.4, 0.5) is 13.2 Å². The first-order valence-electron chi connectivity index (χ1n) is 2.34. The molecule has 0 aliphatic heterocycles. The average Bonchev–Trinajstić information content (AvgIpc) is 1.81. The van der Waals surface area contributed by atoms with Crippen molar-refractivity contribution in [1.29, 1.82) is 0 Å². The molecular formula is C4H6F3NOS. The second kappa shape index (κ2) is 3.70. The molecule has 0 saturated heterocycles. The van der Waals surface area contributed by atoms with Gasteiger partial charge in [0.1, 0.15) is 0 Å². The first kappa shape index (κ1) is 9.61. The lowest BCUT2D eigenvalue weighted by atomic mass is 10.5. The van der Waals surface area contributed by atoms with Crippen LogP contribution in [-0.2, 0) is 0 Å². The summed E-state index contributed by atoms with van der Waals surface area (Å²) in [6, 6.07) is 0. The van der Waals surface area contributed by atoms with Crippen LogP contribution >= 0.6 is 11.8 Å². The highest BCUT2D eigenvalue weighted by molar-refractivity contribution is 8.00. The van der Waals surface area contributed by atoms with Crippen molar-refractivity contribution in [3.05, 3.63) is 0 Å². The maximum Gasteiger partial charge on any atom is 0.442 e. The number of alkyl halides is 3. The Bertz CT molecular complexity index is 133. The Hall–Kier alpha value is -0.390. The van der Waals surface area contributed by atoms with E-state index in [1.807, 2.05) is 0 Å². The highest BCUT2D eigenvalue weighted by Gasteiger charge is 2.27. The van der Waals surface area contributed by atoms with Gasteiger partial charge in [-0.1, -0.05) is 5.16 Å². The molecular weight excluding hydrogens is 167 g/mol. The Morgan fingerprint density at radius 1 is 1.60 bits per heavy atom. The van der Waals surface area contributed by atoms with Gasteiger partial charge in [0.15, 0.2) is 0 Å². The summed E-state index contributed by atoms with van der Waals surface area (Å²) in [5, 5.41) is 10.5. The Morgan fingerprint density at radius 2 is 2.10 bits per heavy atom. The van der Waals surface area contributed by atoms with Gasteiger partial charge in [-0.15, -0.1) is 0 Å². The van der Waals surface area contributed by atoms with E-state index in [4.69, 9.17) is 5.21 Å². The van der Waals surface area contributed by atoms with Gasteiger partial charge in [0.05, 0.1) is 5.71 Å². The molecule has 0 aliphatic rings. The Kier molecular flexibility index (Phi) is 3.55. The summed E-state index contributed by atoms with van der Waals surface area (Å²) in [7, 11) is 0. The third-order valence-electron chi connectivity index (χ3n) is 0.615. The summed E-state index contributed by atoms with van der Waals surface area (Å²) in [5.41, 5.74) is -4.19. The van der Waals surface area contributed by atoms with E-state index in [1.54, 1.807) is 0 Å². The van der Waals surface area contributed by atoms with Crippen molar-refractivity contribution in [2.45, 2.75) is 12.4 Å². The van der Waals surface area contributed by atoms with Gasteiger partial charge in [-0.05, 0) is 18.7 Å². The van der Waals surface area contributed by atoms with Crippen LogP contribution in [0, 0.1) is 0 Å². The monoisotopic (exact) mass is 173 g/mol. The number of thioether (sulfide) groups is 1. The lowest BCUT2D eigenvalue weighted by Crippen LogP contribution is -2.05. The maximum atomic E-state index is 11.4. The molecule has 0 bridgehead atoms. The Morgan fingerprint density at radius 3 is 2.40 bits per heavy atom. The van der Waals surface area contributed by atoms with Crippen LogP contribution in [0.3, 0.4) is 0 Å². The van der Waals surface area contributed by atoms with Crippen LogP contribution in [0.2, 0.25) is 0 Å². The topological polar surface area (TPSA) is 32.6 Å². The summed E-state index contributed by atoms with van der Waals surface area (Å²) >= 11 is -0.225. The normalized spacial score (nSPS) is 13.8. The number of oxime groups is 1. The van der Waals surface area contributed by atoms with Gasteiger partial charge >= 0.3 is 5.51 Å². The van der Waals surface area contributed by atoms with Crippen molar-refractivity contribution in [2.75, 3.05) is 5.75 Å². The van der Waals surface area contributed by atoms with Crippen molar-refractivity contribution < 1.29 is 18.4 Å². The molecule has 0 aliphatic carbocycles. The van der Waals surface area contributed by atoms with Gasteiger partial charge in [-0.3, -0.25) is 0 Å². The number of halogens is 3. The minimum atomic E-state index is -4.24. The van der Waals surface area contributed by atoms with Gasteiger partial charge in [0.2, 0.25) is 0 Å². The average molecular weight is 173 g/mol. The fourth-order valence-electron chi connectivity index (χ4n) is 0.215. The molecule has 60 valence electrons. The smallest absolute Gasteiger partial charge is 0.411 e. The van der Waals surface area contributed by atoms with Crippen LogP contribution in [0.1, 0.15) is 6.92 Å². The summed E-state index contributed by atoms with van der Waals surface area (Å²) in [5.74, 6) is -0.319. The van der Waals surface area contributed by atoms with Crippen molar-refractivity contribution in [3.8, 4) is 0 Å². The number of rotatable bonds is 2. The van der Waals surface area contributed by atoms with E-state index in [1.165, 1.54) is 6.92 Å². The van der Waals surface area contributed by atoms with Crippen LogP contribution in [-0.4, -0.2) is 22.2 Å². The molecule has 0 aromatic heterocycles.